The van der Waals surface area contributed by atoms with E-state index in [1.54, 1.807) is 6.07 Å². The first-order chi connectivity index (χ1) is 11.6. The Morgan fingerprint density at radius 3 is 2.71 bits per heavy atom. The molecule has 0 spiro atoms. The maximum Gasteiger partial charge on any atom is 0.325 e. The summed E-state index contributed by atoms with van der Waals surface area (Å²) in [6.07, 6.45) is 0. The number of benzene rings is 2. The van der Waals surface area contributed by atoms with E-state index in [1.165, 1.54) is 22.5 Å². The third-order valence-electron chi connectivity index (χ3n) is 3.66. The number of urea groups is 1. The molecular formula is C18H19N3O2S. The highest BCUT2D eigenvalue weighted by Crippen LogP contribution is 2.29. The number of carbonyl (C=O) groups is 1. The molecule has 5 nitrogen and oxygen atoms in total. The second-order valence-electron chi connectivity index (χ2n) is 5.43. The van der Waals surface area contributed by atoms with Crippen LogP contribution in [-0.4, -0.2) is 17.6 Å². The van der Waals surface area contributed by atoms with Gasteiger partial charge in [-0.05, 0) is 56.2 Å². The Kier molecular flexibility index (Phi) is 4.66. The topological polar surface area (TPSA) is 63.2 Å². The zero-order valence-corrected chi connectivity index (χ0v) is 14.7. The van der Waals surface area contributed by atoms with Crippen molar-refractivity contribution in [2.24, 2.45) is 0 Å². The van der Waals surface area contributed by atoms with Crippen molar-refractivity contribution >= 4 is 38.4 Å². The lowest BCUT2D eigenvalue weighted by molar-refractivity contribution is 0.262. The predicted octanol–water partition coefficient (Wildman–Crippen LogP) is 4.96. The average molecular weight is 341 g/mol. The maximum atomic E-state index is 12.2. The second kappa shape index (κ2) is 6.88. The third-order valence-corrected chi connectivity index (χ3v) is 4.59. The van der Waals surface area contributed by atoms with E-state index in [-0.39, 0.29) is 6.03 Å². The van der Waals surface area contributed by atoms with Gasteiger partial charge in [0.05, 0.1) is 22.5 Å². The molecule has 1 heterocycles. The van der Waals surface area contributed by atoms with Crippen molar-refractivity contribution in [1.82, 2.24) is 4.98 Å². The summed E-state index contributed by atoms with van der Waals surface area (Å²) in [5, 5.41) is 6.16. The number of nitrogens with one attached hydrogen (secondary N) is 2. The van der Waals surface area contributed by atoms with Crippen LogP contribution in [0.25, 0.3) is 10.2 Å². The van der Waals surface area contributed by atoms with Gasteiger partial charge in [-0.1, -0.05) is 23.5 Å². The number of nitrogens with zero attached hydrogens (tertiary/aromatic N) is 1. The van der Waals surface area contributed by atoms with Gasteiger partial charge in [0, 0.05) is 0 Å². The third kappa shape index (κ3) is 3.49. The molecule has 24 heavy (non-hydrogen) atoms. The fraction of sp³-hybridized carbons (Fsp3) is 0.222. The van der Waals surface area contributed by atoms with Crippen LogP contribution in [0.15, 0.2) is 36.4 Å². The molecule has 3 aromatic rings. The minimum Gasteiger partial charge on any atom is -0.492 e. The van der Waals surface area contributed by atoms with Gasteiger partial charge in [0.1, 0.15) is 5.75 Å². The summed E-state index contributed by atoms with van der Waals surface area (Å²) in [7, 11) is 0. The molecule has 0 bridgehead atoms. The number of carbonyl (C=O) groups excluding carboxylic acids is 1. The van der Waals surface area contributed by atoms with Gasteiger partial charge in [-0.25, -0.2) is 9.78 Å². The largest absolute Gasteiger partial charge is 0.492 e. The van der Waals surface area contributed by atoms with Crippen molar-refractivity contribution in [1.29, 1.82) is 0 Å². The normalized spacial score (nSPS) is 10.6. The number of hydrogen-bond donors (Lipinski definition) is 2. The first-order valence-corrected chi connectivity index (χ1v) is 8.56. The Labute approximate surface area is 144 Å². The van der Waals surface area contributed by atoms with E-state index in [1.807, 2.05) is 31.2 Å². The van der Waals surface area contributed by atoms with Crippen molar-refractivity contribution in [3.63, 3.8) is 0 Å². The van der Waals surface area contributed by atoms with E-state index in [4.69, 9.17) is 4.74 Å². The predicted molar refractivity (Wildman–Crippen MR) is 99.3 cm³/mol. The van der Waals surface area contributed by atoms with Crippen LogP contribution in [0.5, 0.6) is 5.75 Å². The average Bonchev–Trinajstić information content (AvgIpc) is 2.91. The smallest absolute Gasteiger partial charge is 0.325 e. The first-order valence-electron chi connectivity index (χ1n) is 7.74. The van der Waals surface area contributed by atoms with E-state index in [2.05, 4.69) is 35.5 Å². The summed E-state index contributed by atoms with van der Waals surface area (Å²) in [6.45, 7) is 6.57. The number of hydrogen-bond acceptors (Lipinski definition) is 4. The number of aromatic nitrogens is 1. The maximum absolute atomic E-state index is 12.2. The van der Waals surface area contributed by atoms with Gasteiger partial charge in [0.25, 0.3) is 0 Å². The number of amides is 2. The number of anilines is 2. The molecule has 0 radical (unpaired) electrons. The van der Waals surface area contributed by atoms with Crippen LogP contribution in [-0.2, 0) is 0 Å². The van der Waals surface area contributed by atoms with Crippen LogP contribution in [0.3, 0.4) is 0 Å². The number of thiazole rings is 1. The highest BCUT2D eigenvalue weighted by Gasteiger charge is 2.11. The van der Waals surface area contributed by atoms with Crippen LogP contribution < -0.4 is 15.4 Å². The van der Waals surface area contributed by atoms with Gasteiger partial charge in [-0.15, -0.1) is 0 Å². The lowest BCUT2D eigenvalue weighted by Gasteiger charge is -2.11. The zero-order valence-electron chi connectivity index (χ0n) is 13.8. The van der Waals surface area contributed by atoms with Crippen molar-refractivity contribution in [2.45, 2.75) is 20.8 Å². The molecular weight excluding hydrogens is 322 g/mol. The SMILES string of the molecule is CCOc1ccccc1NC(=O)Nc1nc2cc(C)c(C)cc2s1. The number of aryl methyl sites for hydroxylation is 2. The first kappa shape index (κ1) is 16.3. The lowest BCUT2D eigenvalue weighted by atomic mass is 10.1. The summed E-state index contributed by atoms with van der Waals surface area (Å²) >= 11 is 1.46. The van der Waals surface area contributed by atoms with Crippen LogP contribution in [0.4, 0.5) is 15.6 Å². The van der Waals surface area contributed by atoms with Gasteiger partial charge in [0.15, 0.2) is 5.13 Å². The molecule has 3 rings (SSSR count). The Hall–Kier alpha value is -2.60. The molecule has 2 N–H and O–H groups in total. The van der Waals surface area contributed by atoms with Crippen LogP contribution >= 0.6 is 11.3 Å². The molecule has 0 aliphatic rings. The summed E-state index contributed by atoms with van der Waals surface area (Å²) in [4.78, 5) is 16.7. The van der Waals surface area contributed by atoms with Crippen molar-refractivity contribution in [2.75, 3.05) is 17.2 Å². The standard InChI is InChI=1S/C18H19N3O2S/c1-4-23-15-8-6-5-7-13(15)19-17(22)21-18-20-14-9-11(2)12(3)10-16(14)24-18/h5-10H,4H2,1-3H3,(H2,19,20,21,22). The Morgan fingerprint density at radius 1 is 1.17 bits per heavy atom. The summed E-state index contributed by atoms with van der Waals surface area (Å²) in [6, 6.07) is 11.1. The van der Waals surface area contributed by atoms with Gasteiger partial charge < -0.3 is 10.1 Å². The van der Waals surface area contributed by atoms with Crippen molar-refractivity contribution in [3.8, 4) is 5.75 Å². The minimum absolute atomic E-state index is 0.338. The van der Waals surface area contributed by atoms with E-state index in [0.717, 1.165) is 10.2 Å². The van der Waals surface area contributed by atoms with Crippen molar-refractivity contribution < 1.29 is 9.53 Å². The Bertz CT molecular complexity index is 850. The van der Waals surface area contributed by atoms with Gasteiger partial charge in [-0.3, -0.25) is 5.32 Å². The van der Waals surface area contributed by atoms with E-state index in [9.17, 15) is 4.79 Å². The van der Waals surface area contributed by atoms with Crippen LogP contribution in [0.2, 0.25) is 0 Å². The summed E-state index contributed by atoms with van der Waals surface area (Å²) in [5.41, 5.74) is 3.93. The second-order valence-corrected chi connectivity index (χ2v) is 6.46. The molecule has 0 aliphatic carbocycles. The van der Waals surface area contributed by atoms with Gasteiger partial charge in [-0.2, -0.15) is 0 Å². The van der Waals surface area contributed by atoms with Crippen LogP contribution in [0.1, 0.15) is 18.1 Å². The van der Waals surface area contributed by atoms with E-state index in [0.29, 0.717) is 23.2 Å². The van der Waals surface area contributed by atoms with E-state index >= 15 is 0 Å². The number of rotatable bonds is 4. The fourth-order valence-corrected chi connectivity index (χ4v) is 3.28. The molecule has 0 aliphatic heterocycles. The number of ether oxygens (including phenoxy) is 1. The fourth-order valence-electron chi connectivity index (χ4n) is 2.34. The summed E-state index contributed by atoms with van der Waals surface area (Å²) < 4.78 is 6.57. The zero-order chi connectivity index (χ0) is 17.1. The van der Waals surface area contributed by atoms with Gasteiger partial charge >= 0.3 is 6.03 Å². The number of fused-ring (bicyclic) bond motifs is 1. The molecule has 124 valence electrons. The molecule has 2 amide bonds. The molecule has 0 saturated heterocycles. The molecule has 0 unspecified atom stereocenters. The quantitative estimate of drug-likeness (QED) is 0.705. The molecule has 6 heteroatoms. The van der Waals surface area contributed by atoms with Gasteiger partial charge in [0.2, 0.25) is 0 Å². The molecule has 0 fully saturated rings. The lowest BCUT2D eigenvalue weighted by Crippen LogP contribution is -2.19. The number of para-hydroxylation sites is 2. The molecule has 2 aromatic carbocycles. The van der Waals surface area contributed by atoms with E-state index < -0.39 is 0 Å². The Morgan fingerprint density at radius 2 is 1.92 bits per heavy atom. The Balaban J connectivity index is 1.75. The monoisotopic (exact) mass is 341 g/mol. The molecule has 0 atom stereocenters. The minimum atomic E-state index is -0.338. The summed E-state index contributed by atoms with van der Waals surface area (Å²) in [5.74, 6) is 0.644. The highest BCUT2D eigenvalue weighted by atomic mass is 32.1. The van der Waals surface area contributed by atoms with Crippen LogP contribution in [0, 0.1) is 13.8 Å². The molecule has 0 saturated carbocycles. The molecule has 1 aromatic heterocycles. The highest BCUT2D eigenvalue weighted by molar-refractivity contribution is 7.22. The van der Waals surface area contributed by atoms with Crippen molar-refractivity contribution in [3.05, 3.63) is 47.5 Å².